The number of nitrogens with one attached hydrogen (secondary N) is 1. The molecule has 0 aromatic heterocycles. The average molecular weight is 291 g/mol. The second-order valence-electron chi connectivity index (χ2n) is 4.53. The van der Waals surface area contributed by atoms with E-state index >= 15 is 0 Å². The van der Waals surface area contributed by atoms with Gasteiger partial charge in [-0.05, 0) is 25.0 Å². The van der Waals surface area contributed by atoms with Crippen molar-refractivity contribution in [1.82, 2.24) is 0 Å². The van der Waals surface area contributed by atoms with E-state index in [1.807, 2.05) is 0 Å². The molecule has 0 radical (unpaired) electrons. The van der Waals surface area contributed by atoms with E-state index in [2.05, 4.69) is 0 Å². The lowest BCUT2D eigenvalue weighted by atomic mass is 9.95. The molecule has 1 aromatic carbocycles. The van der Waals surface area contributed by atoms with Gasteiger partial charge in [0, 0.05) is 11.3 Å². The molecule has 0 atom stereocenters. The van der Waals surface area contributed by atoms with Gasteiger partial charge in [0.25, 0.3) is 0 Å². The first-order valence-electron chi connectivity index (χ1n) is 5.58. The highest BCUT2D eigenvalue weighted by Crippen LogP contribution is 2.49. The van der Waals surface area contributed by atoms with Gasteiger partial charge in [-0.1, -0.05) is 6.07 Å². The lowest BCUT2D eigenvalue weighted by Crippen LogP contribution is -2.30. The monoisotopic (exact) mass is 291 g/mol. The van der Waals surface area contributed by atoms with Crippen molar-refractivity contribution in [3.05, 3.63) is 29.6 Å². The predicted molar refractivity (Wildman–Crippen MR) is 59.6 cm³/mol. The molecule has 108 valence electrons. The van der Waals surface area contributed by atoms with Crippen LogP contribution in [0.25, 0.3) is 0 Å². The van der Waals surface area contributed by atoms with E-state index in [1.165, 1.54) is 5.32 Å². The lowest BCUT2D eigenvalue weighted by molar-refractivity contribution is -0.167. The van der Waals surface area contributed by atoms with E-state index in [9.17, 15) is 27.2 Å². The molecule has 2 rings (SSSR count). The Balaban J connectivity index is 2.23. The minimum atomic E-state index is -5.08. The zero-order valence-electron chi connectivity index (χ0n) is 9.92. The zero-order valence-corrected chi connectivity index (χ0v) is 9.92. The molecular formula is C12H9F4NO3. The maximum atomic E-state index is 13.8. The number of hydrogen-bond acceptors (Lipinski definition) is 2. The van der Waals surface area contributed by atoms with Crippen LogP contribution in [0.1, 0.15) is 18.4 Å². The van der Waals surface area contributed by atoms with Gasteiger partial charge in [0.05, 0.1) is 5.41 Å². The number of amides is 1. The number of rotatable bonds is 3. The van der Waals surface area contributed by atoms with E-state index in [0.29, 0.717) is 6.07 Å². The lowest BCUT2D eigenvalue weighted by Gasteiger charge is -2.13. The summed E-state index contributed by atoms with van der Waals surface area (Å²) in [6, 6.07) is 2.81. The van der Waals surface area contributed by atoms with E-state index in [4.69, 9.17) is 5.11 Å². The smallest absolute Gasteiger partial charge is 0.471 e. The summed E-state index contributed by atoms with van der Waals surface area (Å²) in [4.78, 5) is 21.7. The molecule has 0 spiro atoms. The number of carbonyl (C=O) groups is 2. The normalized spacial score (nSPS) is 16.6. The summed E-state index contributed by atoms with van der Waals surface area (Å²) < 4.78 is 49.9. The zero-order chi connectivity index (χ0) is 15.1. The van der Waals surface area contributed by atoms with E-state index in [-0.39, 0.29) is 24.1 Å². The van der Waals surface area contributed by atoms with Crippen molar-refractivity contribution < 1.29 is 32.3 Å². The van der Waals surface area contributed by atoms with Crippen molar-refractivity contribution in [2.75, 3.05) is 5.32 Å². The summed E-state index contributed by atoms with van der Waals surface area (Å²) in [5.74, 6) is -4.35. The summed E-state index contributed by atoms with van der Waals surface area (Å²) in [6.45, 7) is 0. The van der Waals surface area contributed by atoms with Crippen molar-refractivity contribution in [1.29, 1.82) is 0 Å². The molecule has 0 aliphatic heterocycles. The van der Waals surface area contributed by atoms with Crippen LogP contribution in [0.5, 0.6) is 0 Å². The first kappa shape index (κ1) is 14.3. The van der Waals surface area contributed by atoms with Crippen LogP contribution in [-0.2, 0) is 15.0 Å². The van der Waals surface area contributed by atoms with Crippen LogP contribution in [-0.4, -0.2) is 23.2 Å². The molecule has 0 heterocycles. The number of halogens is 4. The molecule has 1 aromatic rings. The van der Waals surface area contributed by atoms with Crippen molar-refractivity contribution >= 4 is 17.6 Å². The van der Waals surface area contributed by atoms with Crippen LogP contribution < -0.4 is 5.32 Å². The Morgan fingerprint density at radius 2 is 1.85 bits per heavy atom. The third-order valence-corrected chi connectivity index (χ3v) is 3.16. The van der Waals surface area contributed by atoms with Crippen LogP contribution in [0.3, 0.4) is 0 Å². The predicted octanol–water partition coefficient (Wildman–Crippen LogP) is 2.44. The fourth-order valence-electron chi connectivity index (χ4n) is 1.91. The molecule has 4 nitrogen and oxygen atoms in total. The number of carboxylic acids is 1. The Morgan fingerprint density at radius 3 is 2.25 bits per heavy atom. The van der Waals surface area contributed by atoms with E-state index < -0.39 is 29.3 Å². The summed E-state index contributed by atoms with van der Waals surface area (Å²) in [7, 11) is 0. The molecule has 8 heteroatoms. The van der Waals surface area contributed by atoms with Crippen LogP contribution in [0, 0.1) is 5.82 Å². The van der Waals surface area contributed by atoms with Crippen molar-refractivity contribution in [2.24, 2.45) is 0 Å². The van der Waals surface area contributed by atoms with Gasteiger partial charge < -0.3 is 10.4 Å². The number of alkyl halides is 3. The van der Waals surface area contributed by atoms with Crippen molar-refractivity contribution in [3.63, 3.8) is 0 Å². The molecule has 0 saturated heterocycles. The molecule has 2 N–H and O–H groups in total. The third-order valence-electron chi connectivity index (χ3n) is 3.16. The number of carbonyl (C=O) groups excluding carboxylic acids is 1. The highest BCUT2D eigenvalue weighted by Gasteiger charge is 2.53. The quantitative estimate of drug-likeness (QED) is 0.841. The summed E-state index contributed by atoms with van der Waals surface area (Å²) in [5.41, 5.74) is -1.76. The number of aliphatic carboxylic acids is 1. The molecular weight excluding hydrogens is 282 g/mol. The number of anilines is 1. The van der Waals surface area contributed by atoms with E-state index in [1.54, 1.807) is 0 Å². The SMILES string of the molecule is O=C(Nc1ccc(C2(C(=O)O)CC2)c(F)c1)C(F)(F)F. The number of benzene rings is 1. The van der Waals surface area contributed by atoms with Gasteiger partial charge in [0.15, 0.2) is 0 Å². The minimum absolute atomic E-state index is 0.0880. The Labute approximate surface area is 110 Å². The van der Waals surface area contributed by atoms with Gasteiger partial charge in [-0.25, -0.2) is 4.39 Å². The summed E-state index contributed by atoms with van der Waals surface area (Å²) in [6.07, 6.45) is -4.53. The first-order valence-corrected chi connectivity index (χ1v) is 5.58. The maximum absolute atomic E-state index is 13.8. The van der Waals surface area contributed by atoms with Crippen LogP contribution in [0.2, 0.25) is 0 Å². The molecule has 0 unspecified atom stereocenters. The van der Waals surface area contributed by atoms with Crippen molar-refractivity contribution in [3.8, 4) is 0 Å². The fraction of sp³-hybridized carbons (Fsp3) is 0.333. The van der Waals surface area contributed by atoms with Crippen molar-refractivity contribution in [2.45, 2.75) is 24.4 Å². The topological polar surface area (TPSA) is 66.4 Å². The van der Waals surface area contributed by atoms with Crippen LogP contribution >= 0.6 is 0 Å². The molecule has 0 bridgehead atoms. The molecule has 1 aliphatic rings. The van der Waals surface area contributed by atoms with Gasteiger partial charge in [-0.15, -0.1) is 0 Å². The Bertz CT molecular complexity index is 579. The standard InChI is InChI=1S/C12H9F4NO3/c13-8-5-6(17-9(18)12(14,15)16)1-2-7(8)11(3-4-11)10(19)20/h1-2,5H,3-4H2,(H,17,18)(H,19,20). The van der Waals surface area contributed by atoms with Gasteiger partial charge in [-0.2, -0.15) is 13.2 Å². The Hall–Kier alpha value is -2.12. The Kier molecular flexibility index (Phi) is 3.19. The molecule has 1 saturated carbocycles. The Morgan fingerprint density at radius 1 is 1.25 bits per heavy atom. The second kappa shape index (κ2) is 4.46. The molecule has 20 heavy (non-hydrogen) atoms. The number of carboxylic acid groups (broad SMARTS) is 1. The highest BCUT2D eigenvalue weighted by atomic mass is 19.4. The molecule has 1 amide bonds. The van der Waals surface area contributed by atoms with Gasteiger partial charge in [-0.3, -0.25) is 9.59 Å². The van der Waals surface area contributed by atoms with Gasteiger partial charge in [0.2, 0.25) is 0 Å². The van der Waals surface area contributed by atoms with Crippen LogP contribution in [0.4, 0.5) is 23.2 Å². The second-order valence-corrected chi connectivity index (χ2v) is 4.53. The summed E-state index contributed by atoms with van der Waals surface area (Å²) >= 11 is 0. The largest absolute Gasteiger partial charge is 0.481 e. The third kappa shape index (κ3) is 2.45. The van der Waals surface area contributed by atoms with Crippen LogP contribution in [0.15, 0.2) is 18.2 Å². The summed E-state index contributed by atoms with van der Waals surface area (Å²) in [5, 5.41) is 10.5. The fourth-order valence-corrected chi connectivity index (χ4v) is 1.91. The van der Waals surface area contributed by atoms with Gasteiger partial charge in [0.1, 0.15) is 5.82 Å². The molecule has 1 fully saturated rings. The van der Waals surface area contributed by atoms with E-state index in [0.717, 1.165) is 12.1 Å². The highest BCUT2D eigenvalue weighted by molar-refractivity contribution is 5.95. The number of hydrogen-bond donors (Lipinski definition) is 2. The maximum Gasteiger partial charge on any atom is 0.471 e. The minimum Gasteiger partial charge on any atom is -0.481 e. The first-order chi connectivity index (χ1) is 9.17. The van der Waals surface area contributed by atoms with Gasteiger partial charge >= 0.3 is 18.1 Å². The average Bonchev–Trinajstić information content (AvgIpc) is 3.09. The molecule has 1 aliphatic carbocycles.